The molecule has 1 saturated carbocycles. The molecule has 2 fully saturated rings. The fourth-order valence-corrected chi connectivity index (χ4v) is 7.40. The average Bonchev–Trinajstić information content (AvgIpc) is 3.43. The van der Waals surface area contributed by atoms with E-state index in [1.54, 1.807) is 26.4 Å². The van der Waals surface area contributed by atoms with E-state index in [4.69, 9.17) is 38.2 Å². The molecule has 5 atom stereocenters. The van der Waals surface area contributed by atoms with Crippen molar-refractivity contribution < 1.29 is 42.7 Å². The van der Waals surface area contributed by atoms with E-state index in [1.807, 2.05) is 12.1 Å². The molecule has 2 aromatic carbocycles. The van der Waals surface area contributed by atoms with Crippen molar-refractivity contribution in [3.8, 4) is 23.0 Å². The highest BCUT2D eigenvalue weighted by atomic mass is 16.6. The van der Waals surface area contributed by atoms with Crippen LogP contribution in [0.1, 0.15) is 29.6 Å². The number of hydrogen-bond acceptors (Lipinski definition) is 11. The lowest BCUT2D eigenvalue weighted by atomic mass is 9.64. The Morgan fingerprint density at radius 2 is 1.68 bits per heavy atom. The molecular formula is C33H38N2O9. The van der Waals surface area contributed by atoms with E-state index in [1.165, 1.54) is 34.0 Å². The van der Waals surface area contributed by atoms with Crippen LogP contribution in [0.5, 0.6) is 23.0 Å². The fourth-order valence-electron chi connectivity index (χ4n) is 7.40. The lowest BCUT2D eigenvalue weighted by Crippen LogP contribution is -2.57. The summed E-state index contributed by atoms with van der Waals surface area (Å²) in [5.41, 5.74) is 3.60. The largest absolute Gasteiger partial charge is 0.497 e. The van der Waals surface area contributed by atoms with E-state index in [2.05, 4.69) is 11.0 Å². The van der Waals surface area contributed by atoms with Crippen LogP contribution in [-0.4, -0.2) is 84.8 Å². The van der Waals surface area contributed by atoms with Gasteiger partial charge in [-0.15, -0.1) is 0 Å². The summed E-state index contributed by atoms with van der Waals surface area (Å²) < 4.78 is 39.0. The summed E-state index contributed by atoms with van der Waals surface area (Å²) in [7, 11) is 9.04. The van der Waals surface area contributed by atoms with Crippen LogP contribution in [0.2, 0.25) is 0 Å². The smallest absolute Gasteiger partial charge is 0.338 e. The van der Waals surface area contributed by atoms with Crippen molar-refractivity contribution in [1.82, 2.24) is 4.90 Å². The van der Waals surface area contributed by atoms with Crippen LogP contribution in [0, 0.1) is 17.8 Å². The van der Waals surface area contributed by atoms with Crippen LogP contribution in [0.15, 0.2) is 46.7 Å². The minimum Gasteiger partial charge on any atom is -0.497 e. The van der Waals surface area contributed by atoms with Gasteiger partial charge in [0, 0.05) is 37.2 Å². The van der Waals surface area contributed by atoms with Gasteiger partial charge in [0.25, 0.3) is 0 Å². The summed E-state index contributed by atoms with van der Waals surface area (Å²) in [5.74, 6) is 0.224. The van der Waals surface area contributed by atoms with E-state index in [-0.39, 0.29) is 23.4 Å². The van der Waals surface area contributed by atoms with Crippen LogP contribution < -0.4 is 29.5 Å². The molecule has 3 aliphatic heterocycles. The maximum atomic E-state index is 13.5. The summed E-state index contributed by atoms with van der Waals surface area (Å²) in [6, 6.07) is 9.11. The predicted molar refractivity (Wildman–Crippen MR) is 158 cm³/mol. The SMILES string of the molecule is COC(=O)[C@H]1[C@H]2CC3=C4N=c5cc(OC)ccc5=C4CCN3C[C@H]2C[C@@H](OC(=O)c2cc(OC)c(OC)c(OC)c2)[C@@H]1OC. The molecule has 11 nitrogen and oxygen atoms in total. The van der Waals surface area contributed by atoms with Crippen molar-refractivity contribution in [1.29, 1.82) is 0 Å². The Hall–Kier alpha value is -4.25. The molecule has 0 radical (unpaired) electrons. The Bertz CT molecular complexity index is 1610. The van der Waals surface area contributed by atoms with Gasteiger partial charge in [-0.1, -0.05) is 0 Å². The molecule has 0 aromatic heterocycles. The molecule has 0 amide bonds. The predicted octanol–water partition coefficient (Wildman–Crippen LogP) is 2.49. The van der Waals surface area contributed by atoms with Gasteiger partial charge in [-0.2, -0.15) is 0 Å². The number of ether oxygens (including phenoxy) is 7. The van der Waals surface area contributed by atoms with Gasteiger partial charge in [0.05, 0.1) is 58.1 Å². The molecule has 1 aliphatic carbocycles. The molecule has 11 heteroatoms. The van der Waals surface area contributed by atoms with Crippen molar-refractivity contribution in [2.75, 3.05) is 55.7 Å². The van der Waals surface area contributed by atoms with Crippen LogP contribution in [0.4, 0.5) is 0 Å². The first-order chi connectivity index (χ1) is 21.3. The van der Waals surface area contributed by atoms with Gasteiger partial charge < -0.3 is 38.1 Å². The quantitative estimate of drug-likeness (QED) is 0.416. The van der Waals surface area contributed by atoms with Gasteiger partial charge in [-0.25, -0.2) is 9.79 Å². The number of carbonyl (C=O) groups is 2. The van der Waals surface area contributed by atoms with Gasteiger partial charge in [-0.05, 0) is 60.9 Å². The maximum Gasteiger partial charge on any atom is 0.338 e. The van der Waals surface area contributed by atoms with E-state index in [0.717, 1.165) is 40.7 Å². The normalized spacial score (nSPS) is 25.1. The van der Waals surface area contributed by atoms with E-state index in [9.17, 15) is 9.59 Å². The number of allylic oxidation sites excluding steroid dienone is 2. The lowest BCUT2D eigenvalue weighted by molar-refractivity contribution is -0.172. The van der Waals surface area contributed by atoms with Gasteiger partial charge in [0.15, 0.2) is 11.5 Å². The molecule has 44 heavy (non-hydrogen) atoms. The van der Waals surface area contributed by atoms with Gasteiger partial charge in [0.1, 0.15) is 18.0 Å². The number of esters is 2. The van der Waals surface area contributed by atoms with E-state index >= 15 is 0 Å². The zero-order valence-electron chi connectivity index (χ0n) is 25.9. The van der Waals surface area contributed by atoms with Crippen LogP contribution in [-0.2, 0) is 19.0 Å². The van der Waals surface area contributed by atoms with Crippen molar-refractivity contribution in [2.45, 2.75) is 31.5 Å². The second kappa shape index (κ2) is 12.0. The first-order valence-electron chi connectivity index (χ1n) is 14.7. The van der Waals surface area contributed by atoms with Crippen LogP contribution >= 0.6 is 0 Å². The Morgan fingerprint density at radius 1 is 0.932 bits per heavy atom. The highest BCUT2D eigenvalue weighted by Gasteiger charge is 2.53. The van der Waals surface area contributed by atoms with Crippen molar-refractivity contribution >= 4 is 17.5 Å². The summed E-state index contributed by atoms with van der Waals surface area (Å²) in [6.07, 6.45) is 0.689. The number of hydrogen-bond donors (Lipinski definition) is 0. The highest BCUT2D eigenvalue weighted by Crippen LogP contribution is 2.49. The zero-order chi connectivity index (χ0) is 31.1. The second-order valence-electron chi connectivity index (χ2n) is 11.4. The molecule has 6 rings (SSSR count). The topological polar surface area (TPSA) is 114 Å². The number of carbonyl (C=O) groups excluding carboxylic acids is 2. The maximum absolute atomic E-state index is 13.5. The first-order valence-corrected chi connectivity index (χ1v) is 14.7. The summed E-state index contributed by atoms with van der Waals surface area (Å²) in [5, 5.41) is 2.05. The third-order valence-electron chi connectivity index (χ3n) is 9.45. The fraction of sp³-hybridized carbons (Fsp3) is 0.485. The Kier molecular flexibility index (Phi) is 8.15. The Balaban J connectivity index is 1.32. The second-order valence-corrected chi connectivity index (χ2v) is 11.4. The van der Waals surface area contributed by atoms with Gasteiger partial charge in [0.2, 0.25) is 5.75 Å². The molecule has 0 spiro atoms. The number of piperidine rings is 1. The molecule has 2 aromatic rings. The highest BCUT2D eigenvalue weighted by molar-refractivity contribution is 5.91. The Morgan fingerprint density at radius 3 is 2.32 bits per heavy atom. The lowest BCUT2D eigenvalue weighted by Gasteiger charge is -2.51. The summed E-state index contributed by atoms with van der Waals surface area (Å²) in [6.45, 7) is 1.57. The van der Waals surface area contributed by atoms with E-state index < -0.39 is 24.1 Å². The van der Waals surface area contributed by atoms with Gasteiger partial charge in [-0.3, -0.25) is 4.79 Å². The first kappa shape index (κ1) is 29.8. The standard InChI is InChI=1S/C33H38N2O9/c1-38-19-7-8-20-21-9-10-35-16-18-13-27(44-32(36)17-11-25(39-2)30(41-4)26(12-17)40-3)31(42-5)28(33(37)43-6)22(18)15-24(35)29(21)34-23(20)14-19/h7-8,11-12,14,18,22,27-28,31H,9-10,13,15-16H2,1-6H3/t18-,22+,27-,28+,31+/m1/s1. The zero-order valence-corrected chi connectivity index (χ0v) is 25.9. The molecule has 0 N–H and O–H groups in total. The number of rotatable bonds is 8. The third kappa shape index (κ3) is 4.92. The number of fused-ring (bicyclic) bond motifs is 4. The Labute approximate surface area is 256 Å². The minimum atomic E-state index is -0.694. The molecule has 0 bridgehead atoms. The third-order valence-corrected chi connectivity index (χ3v) is 9.45. The molecule has 234 valence electrons. The average molecular weight is 607 g/mol. The molecule has 0 unspecified atom stereocenters. The molecule has 3 heterocycles. The van der Waals surface area contributed by atoms with Crippen molar-refractivity contribution in [3.05, 3.63) is 57.9 Å². The molecular weight excluding hydrogens is 568 g/mol. The van der Waals surface area contributed by atoms with Crippen molar-refractivity contribution in [2.24, 2.45) is 22.7 Å². The van der Waals surface area contributed by atoms with Crippen LogP contribution in [0.25, 0.3) is 5.57 Å². The van der Waals surface area contributed by atoms with Crippen LogP contribution in [0.3, 0.4) is 0 Å². The van der Waals surface area contributed by atoms with Crippen molar-refractivity contribution in [3.63, 3.8) is 0 Å². The minimum absolute atomic E-state index is 0.0676. The number of benzene rings is 2. The number of nitrogens with zero attached hydrogens (tertiary/aromatic N) is 2. The summed E-state index contributed by atoms with van der Waals surface area (Å²) >= 11 is 0. The van der Waals surface area contributed by atoms with Gasteiger partial charge >= 0.3 is 11.9 Å². The summed E-state index contributed by atoms with van der Waals surface area (Å²) in [4.78, 5) is 34.4. The molecule has 1 saturated heterocycles. The van der Waals surface area contributed by atoms with E-state index in [0.29, 0.717) is 36.6 Å². The molecule has 4 aliphatic rings. The monoisotopic (exact) mass is 606 g/mol. The number of methoxy groups -OCH3 is 6.